The fraction of sp³-hybridized carbons (Fsp3) is 0.286. The molecule has 0 unspecified atom stereocenters. The van der Waals surface area contributed by atoms with Crippen LogP contribution in [0.25, 0.3) is 21.3 Å². The van der Waals surface area contributed by atoms with Crippen LogP contribution in [0.3, 0.4) is 0 Å². The molecule has 8 nitrogen and oxygen atoms in total. The predicted molar refractivity (Wildman–Crippen MR) is 117 cm³/mol. The second-order valence-corrected chi connectivity index (χ2v) is 8.55. The molecular formula is C21H19N5O3S. The molecule has 3 heterocycles. The number of nitrogens with zero attached hydrogens (tertiary/aromatic N) is 3. The van der Waals surface area contributed by atoms with Crippen molar-refractivity contribution in [2.75, 3.05) is 5.32 Å². The lowest BCUT2D eigenvalue weighted by atomic mass is 10.1. The Kier molecular flexibility index (Phi) is 4.28. The van der Waals surface area contributed by atoms with Crippen LogP contribution in [0.5, 0.6) is 0 Å². The first-order valence-corrected chi connectivity index (χ1v) is 10.6. The number of aromatic nitrogens is 4. The highest BCUT2D eigenvalue weighted by molar-refractivity contribution is 7.22. The number of fused-ring (bicyclic) bond motifs is 2. The molecule has 1 aromatic carbocycles. The van der Waals surface area contributed by atoms with Crippen molar-refractivity contribution in [2.24, 2.45) is 0 Å². The van der Waals surface area contributed by atoms with Gasteiger partial charge in [-0.05, 0) is 50.5 Å². The molecular weight excluding hydrogens is 402 g/mol. The second-order valence-electron chi connectivity index (χ2n) is 7.52. The van der Waals surface area contributed by atoms with Crippen molar-refractivity contribution in [3.05, 3.63) is 61.9 Å². The van der Waals surface area contributed by atoms with E-state index in [4.69, 9.17) is 0 Å². The highest BCUT2D eigenvalue weighted by Gasteiger charge is 2.28. The number of benzene rings is 1. The quantitative estimate of drug-likeness (QED) is 0.526. The van der Waals surface area contributed by atoms with Crippen LogP contribution in [0, 0.1) is 6.92 Å². The molecule has 9 heteroatoms. The van der Waals surface area contributed by atoms with Gasteiger partial charge in [0.05, 0.1) is 21.2 Å². The summed E-state index contributed by atoms with van der Waals surface area (Å²) in [7, 11) is 0. The number of aromatic amines is 1. The van der Waals surface area contributed by atoms with Gasteiger partial charge in [-0.1, -0.05) is 17.4 Å². The first-order chi connectivity index (χ1) is 14.4. The monoisotopic (exact) mass is 421 g/mol. The van der Waals surface area contributed by atoms with Crippen LogP contribution in [0.1, 0.15) is 47.3 Å². The molecule has 0 saturated heterocycles. The van der Waals surface area contributed by atoms with Crippen LogP contribution in [-0.4, -0.2) is 25.4 Å². The third-order valence-corrected chi connectivity index (χ3v) is 6.22. The van der Waals surface area contributed by atoms with Crippen molar-refractivity contribution in [1.82, 2.24) is 19.5 Å². The van der Waals surface area contributed by atoms with E-state index >= 15 is 0 Å². The van der Waals surface area contributed by atoms with Gasteiger partial charge in [0, 0.05) is 18.2 Å². The van der Waals surface area contributed by atoms with Crippen molar-refractivity contribution in [3.8, 4) is 0 Å². The Balaban J connectivity index is 1.65. The molecule has 30 heavy (non-hydrogen) atoms. The van der Waals surface area contributed by atoms with E-state index in [1.165, 1.54) is 15.9 Å². The smallest absolute Gasteiger partial charge is 0.298 e. The van der Waals surface area contributed by atoms with E-state index in [-0.39, 0.29) is 22.5 Å². The van der Waals surface area contributed by atoms with Crippen molar-refractivity contribution >= 4 is 43.6 Å². The summed E-state index contributed by atoms with van der Waals surface area (Å²) in [5, 5.41) is 3.40. The summed E-state index contributed by atoms with van der Waals surface area (Å²) in [5.41, 5.74) is 1.98. The topological polar surface area (TPSA) is 110 Å². The third-order valence-electron chi connectivity index (χ3n) is 5.29. The Morgan fingerprint density at radius 1 is 1.27 bits per heavy atom. The molecule has 152 valence electrons. The first kappa shape index (κ1) is 18.7. The summed E-state index contributed by atoms with van der Waals surface area (Å²) < 4.78 is 2.36. The molecule has 0 aliphatic heterocycles. The number of hydrogen-bond acceptors (Lipinski definition) is 6. The van der Waals surface area contributed by atoms with Crippen LogP contribution in [0.15, 0.2) is 33.9 Å². The molecule has 3 aromatic heterocycles. The maximum absolute atomic E-state index is 13.2. The number of anilines is 1. The Morgan fingerprint density at radius 2 is 2.07 bits per heavy atom. The molecule has 1 saturated carbocycles. The summed E-state index contributed by atoms with van der Waals surface area (Å²) in [6.07, 6.45) is 1.96. The van der Waals surface area contributed by atoms with Gasteiger partial charge in [-0.25, -0.2) is 14.8 Å². The van der Waals surface area contributed by atoms with Crippen molar-refractivity contribution in [2.45, 2.75) is 39.2 Å². The van der Waals surface area contributed by atoms with Gasteiger partial charge in [-0.3, -0.25) is 24.5 Å². The Hall–Kier alpha value is -3.33. The summed E-state index contributed by atoms with van der Waals surface area (Å²) >= 11 is 1.38. The van der Waals surface area contributed by atoms with E-state index in [1.54, 1.807) is 13.0 Å². The average molecular weight is 421 g/mol. The Bertz CT molecular complexity index is 1450. The highest BCUT2D eigenvalue weighted by Crippen LogP contribution is 2.40. The largest absolute Gasteiger partial charge is 0.329 e. The summed E-state index contributed by atoms with van der Waals surface area (Å²) in [6.45, 7) is 4.14. The number of hydrogen-bond donors (Lipinski definition) is 2. The molecule has 0 atom stereocenters. The molecule has 2 N–H and O–H groups in total. The zero-order chi connectivity index (χ0) is 21.0. The molecule has 0 radical (unpaired) electrons. The third kappa shape index (κ3) is 3.11. The van der Waals surface area contributed by atoms with Gasteiger partial charge in [0.25, 0.3) is 11.5 Å². The number of thiazole rings is 1. The minimum atomic E-state index is -0.611. The molecule has 5 rings (SSSR count). The number of aryl methyl sites for hydroxylation is 2. The van der Waals surface area contributed by atoms with E-state index in [9.17, 15) is 14.4 Å². The Labute approximate surface area is 174 Å². The number of H-pyrrole nitrogens is 1. The van der Waals surface area contributed by atoms with Crippen molar-refractivity contribution < 1.29 is 4.79 Å². The SMILES string of the molecule is CCn1c(=O)[nH]c(=O)c2c(C(=O)Nc3nc4ccc(C)cc4s3)cc(C3CC3)nc21. The highest BCUT2D eigenvalue weighted by atomic mass is 32.1. The zero-order valence-corrected chi connectivity index (χ0v) is 17.3. The predicted octanol–water partition coefficient (Wildman–Crippen LogP) is 3.15. The molecule has 0 spiro atoms. The lowest BCUT2D eigenvalue weighted by Gasteiger charge is -2.11. The molecule has 0 bridgehead atoms. The van der Waals surface area contributed by atoms with Gasteiger partial charge >= 0.3 is 5.69 Å². The minimum absolute atomic E-state index is 0.121. The maximum Gasteiger partial charge on any atom is 0.329 e. The van der Waals surface area contributed by atoms with Gasteiger partial charge in [0.2, 0.25) is 0 Å². The van der Waals surface area contributed by atoms with Crippen LogP contribution in [0.2, 0.25) is 0 Å². The average Bonchev–Trinajstić information content (AvgIpc) is 3.48. The fourth-order valence-corrected chi connectivity index (χ4v) is 4.56. The maximum atomic E-state index is 13.2. The van der Waals surface area contributed by atoms with Crippen LogP contribution < -0.4 is 16.6 Å². The van der Waals surface area contributed by atoms with Crippen LogP contribution in [0.4, 0.5) is 5.13 Å². The lowest BCUT2D eigenvalue weighted by Crippen LogP contribution is -2.32. The number of nitrogens with one attached hydrogen (secondary N) is 2. The molecule has 1 aliphatic carbocycles. The van der Waals surface area contributed by atoms with E-state index in [2.05, 4.69) is 20.3 Å². The Morgan fingerprint density at radius 3 is 2.80 bits per heavy atom. The fourth-order valence-electron chi connectivity index (χ4n) is 3.60. The molecule has 1 aliphatic rings. The van der Waals surface area contributed by atoms with Gasteiger partial charge in [0.1, 0.15) is 0 Å². The van der Waals surface area contributed by atoms with Crippen molar-refractivity contribution in [1.29, 1.82) is 0 Å². The molecule has 1 fully saturated rings. The van der Waals surface area contributed by atoms with Gasteiger partial charge in [-0.2, -0.15) is 0 Å². The molecule has 1 amide bonds. The summed E-state index contributed by atoms with van der Waals surface area (Å²) in [5.74, 6) is -0.182. The van der Waals surface area contributed by atoms with Gasteiger partial charge < -0.3 is 0 Å². The van der Waals surface area contributed by atoms with E-state index in [1.807, 2.05) is 25.1 Å². The van der Waals surface area contributed by atoms with E-state index in [0.29, 0.717) is 11.7 Å². The normalized spacial score (nSPS) is 13.8. The standard InChI is InChI=1S/C21H19N5O3S/c1-3-26-17-16(19(28)25-21(26)29)12(9-14(22-17)11-5-6-11)18(27)24-20-23-13-7-4-10(2)8-15(13)30-20/h4,7-9,11H,3,5-6H2,1-2H3,(H,23,24,27)(H,25,28,29). The second kappa shape index (κ2) is 6.88. The van der Waals surface area contributed by atoms with E-state index in [0.717, 1.165) is 34.3 Å². The zero-order valence-electron chi connectivity index (χ0n) is 16.5. The number of carbonyl (C=O) groups is 1. The number of amides is 1. The number of pyridine rings is 1. The van der Waals surface area contributed by atoms with Crippen LogP contribution >= 0.6 is 11.3 Å². The van der Waals surface area contributed by atoms with Gasteiger partial charge in [0.15, 0.2) is 10.8 Å². The number of rotatable bonds is 4. The van der Waals surface area contributed by atoms with E-state index < -0.39 is 17.2 Å². The number of carbonyl (C=O) groups excluding carboxylic acids is 1. The van der Waals surface area contributed by atoms with Gasteiger partial charge in [-0.15, -0.1) is 0 Å². The lowest BCUT2D eigenvalue weighted by molar-refractivity contribution is 0.102. The minimum Gasteiger partial charge on any atom is -0.298 e. The first-order valence-electron chi connectivity index (χ1n) is 9.81. The summed E-state index contributed by atoms with van der Waals surface area (Å²) in [6, 6.07) is 7.57. The van der Waals surface area contributed by atoms with Crippen LogP contribution in [-0.2, 0) is 6.54 Å². The van der Waals surface area contributed by atoms with Crippen molar-refractivity contribution in [3.63, 3.8) is 0 Å². The molecule has 4 aromatic rings. The summed E-state index contributed by atoms with van der Waals surface area (Å²) in [4.78, 5) is 49.4.